The van der Waals surface area contributed by atoms with Crippen LogP contribution in [0.5, 0.6) is 0 Å². The van der Waals surface area contributed by atoms with E-state index in [1.165, 1.54) is 24.7 Å². The first-order valence-corrected chi connectivity index (χ1v) is 8.73. The van der Waals surface area contributed by atoms with E-state index in [0.29, 0.717) is 10.7 Å². The number of amides is 3. The van der Waals surface area contributed by atoms with Crippen LogP contribution in [-0.2, 0) is 26.9 Å². The van der Waals surface area contributed by atoms with Crippen LogP contribution in [0.3, 0.4) is 0 Å². The van der Waals surface area contributed by atoms with Crippen molar-refractivity contribution in [3.8, 4) is 0 Å². The van der Waals surface area contributed by atoms with Gasteiger partial charge in [-0.3, -0.25) is 14.3 Å². The van der Waals surface area contributed by atoms with E-state index >= 15 is 0 Å². The number of hydrogen-bond donors (Lipinski definition) is 2. The molecule has 0 bridgehead atoms. The predicted octanol–water partition coefficient (Wildman–Crippen LogP) is 1.20. The average Bonchev–Trinajstić information content (AvgIpc) is 3.11. The van der Waals surface area contributed by atoms with Crippen molar-refractivity contribution < 1.29 is 27.7 Å². The molecule has 0 aliphatic carbocycles. The minimum absolute atomic E-state index is 0.110. The van der Waals surface area contributed by atoms with Gasteiger partial charge in [-0.15, -0.1) is 0 Å². The second-order valence-corrected chi connectivity index (χ2v) is 6.18. The number of hydrogen-bond acceptors (Lipinski definition) is 6. The minimum Gasteiger partial charge on any atom is -0.467 e. The summed E-state index contributed by atoms with van der Waals surface area (Å²) in [5, 5.41) is 4.43. The molecule has 0 aliphatic rings. The van der Waals surface area contributed by atoms with Crippen molar-refractivity contribution in [2.45, 2.75) is 11.4 Å². The van der Waals surface area contributed by atoms with Gasteiger partial charge in [0.05, 0.1) is 34.1 Å². The highest BCUT2D eigenvalue weighted by atomic mass is 32.2. The van der Waals surface area contributed by atoms with Crippen molar-refractivity contribution in [3.63, 3.8) is 0 Å². The second kappa shape index (κ2) is 8.78. The maximum atomic E-state index is 12.0. The maximum Gasteiger partial charge on any atom is 0.339 e. The maximum absolute atomic E-state index is 12.0. The van der Waals surface area contributed by atoms with E-state index in [1.54, 1.807) is 24.3 Å². The summed E-state index contributed by atoms with van der Waals surface area (Å²) in [6.07, 6.45) is 2.89. The van der Waals surface area contributed by atoms with E-state index in [0.717, 1.165) is 0 Å². The monoisotopic (exact) mass is 364 g/mol. The molecule has 2 rings (SSSR count). The Morgan fingerprint density at radius 2 is 1.92 bits per heavy atom. The summed E-state index contributed by atoms with van der Waals surface area (Å²) < 4.78 is 21.5. The molecule has 25 heavy (non-hydrogen) atoms. The summed E-state index contributed by atoms with van der Waals surface area (Å²) in [7, 11) is -1.38. The van der Waals surface area contributed by atoms with Crippen LogP contribution in [0.25, 0.3) is 0 Å². The third-order valence-corrected chi connectivity index (χ3v) is 3.98. The van der Waals surface area contributed by atoms with Crippen molar-refractivity contribution in [1.29, 1.82) is 0 Å². The Labute approximate surface area is 146 Å². The highest BCUT2D eigenvalue weighted by molar-refractivity contribution is 7.84. The lowest BCUT2D eigenvalue weighted by atomic mass is 10.2. The summed E-state index contributed by atoms with van der Waals surface area (Å²) >= 11 is 0. The fraction of sp³-hybridized carbons (Fsp3) is 0.188. The van der Waals surface area contributed by atoms with Gasteiger partial charge in [-0.1, -0.05) is 12.1 Å². The van der Waals surface area contributed by atoms with E-state index in [1.807, 2.05) is 5.32 Å². The highest BCUT2D eigenvalue weighted by Crippen LogP contribution is 2.13. The van der Waals surface area contributed by atoms with Gasteiger partial charge < -0.3 is 14.5 Å². The zero-order chi connectivity index (χ0) is 18.2. The summed E-state index contributed by atoms with van der Waals surface area (Å²) in [5.74, 6) is -1.06. The number of furan rings is 1. The molecule has 1 aromatic heterocycles. The largest absolute Gasteiger partial charge is 0.467 e. The molecule has 0 fully saturated rings. The molecule has 9 heteroatoms. The number of carbonyl (C=O) groups is 3. The number of benzene rings is 1. The Bertz CT molecular complexity index is 788. The van der Waals surface area contributed by atoms with E-state index < -0.39 is 35.3 Å². The Kier molecular flexibility index (Phi) is 6.47. The quantitative estimate of drug-likeness (QED) is 0.745. The SMILES string of the molecule is C[S@](=O)c1ccccc1C(=O)OCC(=O)NC(=O)NCc1ccco1. The first kappa shape index (κ1) is 18.4. The van der Waals surface area contributed by atoms with Gasteiger partial charge in [-0.2, -0.15) is 0 Å². The van der Waals surface area contributed by atoms with Crippen molar-refractivity contribution in [3.05, 3.63) is 54.0 Å². The standard InChI is InChI=1S/C16H16N2O6S/c1-25(22)13-7-3-2-6-12(13)15(20)24-10-14(19)18-16(21)17-9-11-5-4-8-23-11/h2-8H,9-10H2,1H3,(H2,17,18,19,21)/t25-/m0/s1. The molecule has 2 N–H and O–H groups in total. The zero-order valence-electron chi connectivity index (χ0n) is 13.3. The van der Waals surface area contributed by atoms with Crippen LogP contribution in [0.2, 0.25) is 0 Å². The fourth-order valence-corrected chi connectivity index (χ4v) is 2.61. The highest BCUT2D eigenvalue weighted by Gasteiger charge is 2.16. The van der Waals surface area contributed by atoms with Crippen LogP contribution >= 0.6 is 0 Å². The number of ether oxygens (including phenoxy) is 1. The van der Waals surface area contributed by atoms with Gasteiger partial charge in [-0.25, -0.2) is 9.59 Å². The molecule has 8 nitrogen and oxygen atoms in total. The van der Waals surface area contributed by atoms with Gasteiger partial charge in [0.1, 0.15) is 5.76 Å². The Morgan fingerprint density at radius 1 is 1.16 bits per heavy atom. The van der Waals surface area contributed by atoms with Crippen LogP contribution in [0.15, 0.2) is 52.0 Å². The zero-order valence-corrected chi connectivity index (χ0v) is 14.1. The first-order chi connectivity index (χ1) is 12.0. The van der Waals surface area contributed by atoms with Crippen molar-refractivity contribution in [1.82, 2.24) is 10.6 Å². The van der Waals surface area contributed by atoms with Crippen LogP contribution in [-0.4, -0.2) is 35.0 Å². The summed E-state index contributed by atoms with van der Waals surface area (Å²) in [4.78, 5) is 35.5. The molecule has 0 saturated carbocycles. The number of nitrogens with one attached hydrogen (secondary N) is 2. The second-order valence-electron chi connectivity index (χ2n) is 4.84. The van der Waals surface area contributed by atoms with E-state index in [9.17, 15) is 18.6 Å². The lowest BCUT2D eigenvalue weighted by molar-refractivity contribution is -0.123. The van der Waals surface area contributed by atoms with Gasteiger partial charge >= 0.3 is 12.0 Å². The van der Waals surface area contributed by atoms with Crippen LogP contribution in [0, 0.1) is 0 Å². The molecule has 1 atom stereocenters. The molecule has 0 aliphatic heterocycles. The third kappa shape index (κ3) is 5.57. The molecule has 0 saturated heterocycles. The molecular weight excluding hydrogens is 348 g/mol. The van der Waals surface area contributed by atoms with Crippen LogP contribution in [0.4, 0.5) is 4.79 Å². The smallest absolute Gasteiger partial charge is 0.339 e. The Morgan fingerprint density at radius 3 is 2.60 bits per heavy atom. The summed E-state index contributed by atoms with van der Waals surface area (Å²) in [6, 6.07) is 8.81. The predicted molar refractivity (Wildman–Crippen MR) is 88.1 cm³/mol. The van der Waals surface area contributed by atoms with Crippen LogP contribution in [0.1, 0.15) is 16.1 Å². The number of esters is 1. The lowest BCUT2D eigenvalue weighted by Crippen LogP contribution is -2.41. The first-order valence-electron chi connectivity index (χ1n) is 7.17. The van der Waals surface area contributed by atoms with E-state index in [2.05, 4.69) is 5.32 Å². The lowest BCUT2D eigenvalue weighted by Gasteiger charge is -2.08. The van der Waals surface area contributed by atoms with Gasteiger partial charge in [0.25, 0.3) is 5.91 Å². The molecule has 3 amide bonds. The van der Waals surface area contributed by atoms with Crippen LogP contribution < -0.4 is 10.6 Å². The molecule has 132 valence electrons. The molecule has 2 aromatic rings. The molecule has 1 aromatic carbocycles. The van der Waals surface area contributed by atoms with Crippen molar-refractivity contribution in [2.75, 3.05) is 12.9 Å². The van der Waals surface area contributed by atoms with E-state index in [-0.39, 0.29) is 12.1 Å². The molecule has 0 spiro atoms. The van der Waals surface area contributed by atoms with Gasteiger partial charge in [0.15, 0.2) is 6.61 Å². The molecule has 0 radical (unpaired) electrons. The normalized spacial score (nSPS) is 11.4. The van der Waals surface area contributed by atoms with Gasteiger partial charge in [-0.05, 0) is 24.3 Å². The fourth-order valence-electron chi connectivity index (χ4n) is 1.88. The van der Waals surface area contributed by atoms with Gasteiger partial charge in [0.2, 0.25) is 0 Å². The number of imide groups is 1. The van der Waals surface area contributed by atoms with Crippen molar-refractivity contribution in [2.24, 2.45) is 0 Å². The van der Waals surface area contributed by atoms with Gasteiger partial charge in [0, 0.05) is 6.26 Å². The van der Waals surface area contributed by atoms with E-state index in [4.69, 9.17) is 9.15 Å². The third-order valence-electron chi connectivity index (χ3n) is 3.01. The summed E-state index contributed by atoms with van der Waals surface area (Å²) in [6.45, 7) is -0.528. The number of carbonyl (C=O) groups excluding carboxylic acids is 3. The average molecular weight is 364 g/mol. The van der Waals surface area contributed by atoms with Crippen molar-refractivity contribution >= 4 is 28.7 Å². The summed E-state index contributed by atoms with van der Waals surface area (Å²) in [5.41, 5.74) is 0.110. The minimum atomic E-state index is -1.38. The Balaban J connectivity index is 1.80. The molecule has 0 unspecified atom stereocenters. The topological polar surface area (TPSA) is 115 Å². The molecule has 1 heterocycles. The number of urea groups is 1. The molecular formula is C16H16N2O6S. The Hall–Kier alpha value is -2.94. The number of rotatable bonds is 6.